The van der Waals surface area contributed by atoms with E-state index in [4.69, 9.17) is 4.42 Å². The van der Waals surface area contributed by atoms with Crippen LogP contribution in [0.1, 0.15) is 36.1 Å². The summed E-state index contributed by atoms with van der Waals surface area (Å²) in [4.78, 5) is 0. The number of nitrogens with one attached hydrogen (secondary N) is 1. The molecule has 1 unspecified atom stereocenters. The molecule has 0 radical (unpaired) electrons. The molecule has 2 aromatic rings. The molecular formula is C17H23NO. The van der Waals surface area contributed by atoms with Crippen LogP contribution in [0.2, 0.25) is 0 Å². The summed E-state index contributed by atoms with van der Waals surface area (Å²) in [5.41, 5.74) is 2.69. The van der Waals surface area contributed by atoms with Crippen LogP contribution in [0.15, 0.2) is 47.1 Å². The lowest BCUT2D eigenvalue weighted by molar-refractivity contribution is 0.473. The van der Waals surface area contributed by atoms with Crippen molar-refractivity contribution >= 4 is 0 Å². The van der Waals surface area contributed by atoms with Gasteiger partial charge in [-0.3, -0.25) is 0 Å². The second kappa shape index (κ2) is 7.15. The lowest BCUT2D eigenvalue weighted by Gasteiger charge is -2.17. The first-order chi connectivity index (χ1) is 9.29. The first-order valence-electron chi connectivity index (χ1n) is 7.09. The van der Waals surface area contributed by atoms with E-state index >= 15 is 0 Å². The third-order valence-corrected chi connectivity index (χ3v) is 3.39. The van der Waals surface area contributed by atoms with E-state index in [0.717, 1.165) is 25.3 Å². The average Bonchev–Trinajstić information content (AvgIpc) is 2.92. The maximum atomic E-state index is 5.49. The largest absolute Gasteiger partial charge is 0.469 e. The lowest BCUT2D eigenvalue weighted by atomic mass is 9.93. The number of aryl methyl sites for hydroxylation is 1. The van der Waals surface area contributed by atoms with Gasteiger partial charge in [0.15, 0.2) is 0 Å². The van der Waals surface area contributed by atoms with E-state index in [1.54, 1.807) is 6.26 Å². The van der Waals surface area contributed by atoms with Crippen LogP contribution in [0.25, 0.3) is 0 Å². The van der Waals surface area contributed by atoms with Gasteiger partial charge in [0.2, 0.25) is 0 Å². The molecule has 0 fully saturated rings. The number of benzene rings is 1. The van der Waals surface area contributed by atoms with Crippen molar-refractivity contribution in [2.45, 2.75) is 32.6 Å². The summed E-state index contributed by atoms with van der Waals surface area (Å²) in [5, 5.41) is 3.52. The van der Waals surface area contributed by atoms with Crippen LogP contribution in [-0.4, -0.2) is 13.1 Å². The average molecular weight is 257 g/mol. The summed E-state index contributed by atoms with van der Waals surface area (Å²) < 4.78 is 5.49. The molecule has 1 heterocycles. The molecule has 2 rings (SSSR count). The summed E-state index contributed by atoms with van der Waals surface area (Å²) in [5.74, 6) is 1.53. The highest BCUT2D eigenvalue weighted by Gasteiger charge is 2.13. The highest BCUT2D eigenvalue weighted by molar-refractivity contribution is 5.26. The molecule has 0 amide bonds. The Morgan fingerprint density at radius 2 is 1.95 bits per heavy atom. The third-order valence-electron chi connectivity index (χ3n) is 3.39. The summed E-state index contributed by atoms with van der Waals surface area (Å²) in [6.07, 6.45) is 3.87. The second-order valence-corrected chi connectivity index (χ2v) is 5.10. The Hall–Kier alpha value is -1.54. The van der Waals surface area contributed by atoms with Gasteiger partial charge in [-0.1, -0.05) is 36.8 Å². The zero-order valence-corrected chi connectivity index (χ0v) is 11.9. The molecule has 0 aliphatic carbocycles. The van der Waals surface area contributed by atoms with Gasteiger partial charge in [0.1, 0.15) is 5.76 Å². The molecule has 0 aliphatic heterocycles. The fourth-order valence-corrected chi connectivity index (χ4v) is 2.27. The van der Waals surface area contributed by atoms with Gasteiger partial charge >= 0.3 is 0 Å². The van der Waals surface area contributed by atoms with Crippen molar-refractivity contribution in [1.29, 1.82) is 0 Å². The predicted molar refractivity (Wildman–Crippen MR) is 79.5 cm³/mol. The van der Waals surface area contributed by atoms with E-state index < -0.39 is 0 Å². The molecule has 0 bridgehead atoms. The van der Waals surface area contributed by atoms with E-state index in [2.05, 4.69) is 49.5 Å². The number of hydrogen-bond acceptors (Lipinski definition) is 2. The Kier molecular flexibility index (Phi) is 5.22. The Bertz CT molecular complexity index is 459. The van der Waals surface area contributed by atoms with Crippen LogP contribution in [-0.2, 0) is 6.42 Å². The molecule has 1 aromatic carbocycles. The first kappa shape index (κ1) is 13.9. The van der Waals surface area contributed by atoms with Crippen molar-refractivity contribution < 1.29 is 4.42 Å². The molecule has 2 heteroatoms. The molecular weight excluding hydrogens is 234 g/mol. The van der Waals surface area contributed by atoms with Crippen LogP contribution in [0.3, 0.4) is 0 Å². The van der Waals surface area contributed by atoms with Gasteiger partial charge in [-0.05, 0) is 37.6 Å². The number of furan rings is 1. The van der Waals surface area contributed by atoms with Crippen LogP contribution in [0.5, 0.6) is 0 Å². The molecule has 0 aliphatic rings. The molecule has 19 heavy (non-hydrogen) atoms. The topological polar surface area (TPSA) is 25.2 Å². The van der Waals surface area contributed by atoms with Crippen LogP contribution >= 0.6 is 0 Å². The Morgan fingerprint density at radius 1 is 1.16 bits per heavy atom. The van der Waals surface area contributed by atoms with Crippen molar-refractivity contribution in [3.8, 4) is 0 Å². The van der Waals surface area contributed by atoms with Gasteiger partial charge in [0.25, 0.3) is 0 Å². The van der Waals surface area contributed by atoms with Crippen LogP contribution in [0.4, 0.5) is 0 Å². The van der Waals surface area contributed by atoms with Gasteiger partial charge in [0.05, 0.1) is 6.26 Å². The standard InChI is InChI=1S/C17H23NO/c1-3-10-18-13-16(12-17-5-4-11-19-17)15-8-6-14(2)7-9-15/h4-9,11,16,18H,3,10,12-13H2,1-2H3. The van der Waals surface area contributed by atoms with Crippen molar-refractivity contribution in [3.05, 3.63) is 59.5 Å². The normalized spacial score (nSPS) is 12.5. The minimum atomic E-state index is 0.471. The van der Waals surface area contributed by atoms with Crippen molar-refractivity contribution in [3.63, 3.8) is 0 Å². The molecule has 0 saturated heterocycles. The molecule has 2 nitrogen and oxygen atoms in total. The van der Waals surface area contributed by atoms with Crippen molar-refractivity contribution in [1.82, 2.24) is 5.32 Å². The maximum Gasteiger partial charge on any atom is 0.104 e. The van der Waals surface area contributed by atoms with Gasteiger partial charge in [-0.25, -0.2) is 0 Å². The number of hydrogen-bond donors (Lipinski definition) is 1. The fourth-order valence-electron chi connectivity index (χ4n) is 2.27. The maximum absolute atomic E-state index is 5.49. The molecule has 1 atom stereocenters. The highest BCUT2D eigenvalue weighted by Crippen LogP contribution is 2.21. The minimum absolute atomic E-state index is 0.471. The van der Waals surface area contributed by atoms with E-state index in [-0.39, 0.29) is 0 Å². The third kappa shape index (κ3) is 4.25. The summed E-state index contributed by atoms with van der Waals surface area (Å²) in [7, 11) is 0. The zero-order chi connectivity index (χ0) is 13.5. The molecule has 0 spiro atoms. The summed E-state index contributed by atoms with van der Waals surface area (Å²) in [6, 6.07) is 12.9. The first-order valence-corrected chi connectivity index (χ1v) is 7.09. The van der Waals surface area contributed by atoms with Crippen molar-refractivity contribution in [2.75, 3.05) is 13.1 Å². The fraction of sp³-hybridized carbons (Fsp3) is 0.412. The summed E-state index contributed by atoms with van der Waals surface area (Å²) >= 11 is 0. The van der Waals surface area contributed by atoms with Gasteiger partial charge in [0, 0.05) is 18.9 Å². The van der Waals surface area contributed by atoms with E-state index in [1.165, 1.54) is 17.5 Å². The monoisotopic (exact) mass is 257 g/mol. The predicted octanol–water partition coefficient (Wildman–Crippen LogP) is 3.91. The molecule has 0 saturated carbocycles. The number of rotatable bonds is 7. The minimum Gasteiger partial charge on any atom is -0.469 e. The van der Waals surface area contributed by atoms with Crippen molar-refractivity contribution in [2.24, 2.45) is 0 Å². The van der Waals surface area contributed by atoms with E-state index in [1.807, 2.05) is 6.07 Å². The molecule has 102 valence electrons. The summed E-state index contributed by atoms with van der Waals surface area (Å²) in [6.45, 7) is 6.39. The Balaban J connectivity index is 2.06. The molecule has 1 N–H and O–H groups in total. The van der Waals surface area contributed by atoms with E-state index in [0.29, 0.717) is 5.92 Å². The zero-order valence-electron chi connectivity index (χ0n) is 11.9. The SMILES string of the molecule is CCCNCC(Cc1ccco1)c1ccc(C)cc1. The highest BCUT2D eigenvalue weighted by atomic mass is 16.3. The van der Waals surface area contributed by atoms with E-state index in [9.17, 15) is 0 Å². The second-order valence-electron chi connectivity index (χ2n) is 5.10. The van der Waals surface area contributed by atoms with Crippen LogP contribution < -0.4 is 5.32 Å². The lowest BCUT2D eigenvalue weighted by Crippen LogP contribution is -2.23. The smallest absolute Gasteiger partial charge is 0.104 e. The van der Waals surface area contributed by atoms with Gasteiger partial charge < -0.3 is 9.73 Å². The van der Waals surface area contributed by atoms with Gasteiger partial charge in [-0.15, -0.1) is 0 Å². The van der Waals surface area contributed by atoms with Gasteiger partial charge in [-0.2, -0.15) is 0 Å². The Morgan fingerprint density at radius 3 is 2.58 bits per heavy atom. The van der Waals surface area contributed by atoms with Crippen LogP contribution in [0, 0.1) is 6.92 Å². The Labute approximate surface area is 115 Å². The quantitative estimate of drug-likeness (QED) is 0.761. The molecule has 1 aromatic heterocycles.